The van der Waals surface area contributed by atoms with Crippen molar-refractivity contribution in [2.24, 2.45) is 11.8 Å². The standard InChI is InChI=1S/C16H27N3/c1-3-17-16-12-15(8-10-19-16)18-9-7-14-6-4-5-13(2)11-14/h8,10,12-14H,3-7,9,11H2,1-2H3,(H2,17,18,19). The van der Waals surface area contributed by atoms with Gasteiger partial charge in [-0.2, -0.15) is 0 Å². The Labute approximate surface area is 117 Å². The molecule has 3 heteroatoms. The summed E-state index contributed by atoms with van der Waals surface area (Å²) in [7, 11) is 0. The summed E-state index contributed by atoms with van der Waals surface area (Å²) in [5, 5.41) is 6.77. The SMILES string of the molecule is CCNc1cc(NCCC2CCCC(C)C2)ccn1. The molecule has 106 valence electrons. The average Bonchev–Trinajstić information content (AvgIpc) is 2.40. The number of nitrogens with one attached hydrogen (secondary N) is 2. The maximum Gasteiger partial charge on any atom is 0.127 e. The van der Waals surface area contributed by atoms with Gasteiger partial charge in [0.05, 0.1) is 0 Å². The highest BCUT2D eigenvalue weighted by Crippen LogP contribution is 2.30. The molecular weight excluding hydrogens is 234 g/mol. The molecule has 1 fully saturated rings. The minimum atomic E-state index is 0.913. The van der Waals surface area contributed by atoms with Crippen LogP contribution in [0, 0.1) is 11.8 Å². The highest BCUT2D eigenvalue weighted by atomic mass is 15.0. The quantitative estimate of drug-likeness (QED) is 0.808. The predicted molar refractivity (Wildman–Crippen MR) is 82.6 cm³/mol. The van der Waals surface area contributed by atoms with Crippen LogP contribution in [0.1, 0.15) is 46.0 Å². The van der Waals surface area contributed by atoms with E-state index in [1.807, 2.05) is 12.3 Å². The third kappa shape index (κ3) is 4.73. The van der Waals surface area contributed by atoms with Gasteiger partial charge in [0.1, 0.15) is 5.82 Å². The van der Waals surface area contributed by atoms with Crippen LogP contribution in [0.25, 0.3) is 0 Å². The van der Waals surface area contributed by atoms with Crippen molar-refractivity contribution in [1.29, 1.82) is 0 Å². The Hall–Kier alpha value is -1.25. The Kier molecular flexibility index (Phi) is 5.49. The van der Waals surface area contributed by atoms with Gasteiger partial charge in [-0.3, -0.25) is 0 Å². The van der Waals surface area contributed by atoms with Gasteiger partial charge in [0.25, 0.3) is 0 Å². The van der Waals surface area contributed by atoms with E-state index in [0.29, 0.717) is 0 Å². The van der Waals surface area contributed by atoms with Crippen LogP contribution in [-0.2, 0) is 0 Å². The second kappa shape index (κ2) is 7.37. The lowest BCUT2D eigenvalue weighted by molar-refractivity contribution is 0.274. The van der Waals surface area contributed by atoms with Crippen molar-refractivity contribution in [3.63, 3.8) is 0 Å². The van der Waals surface area contributed by atoms with Crippen LogP contribution >= 0.6 is 0 Å². The van der Waals surface area contributed by atoms with E-state index in [1.54, 1.807) is 0 Å². The van der Waals surface area contributed by atoms with Crippen molar-refractivity contribution in [3.8, 4) is 0 Å². The summed E-state index contributed by atoms with van der Waals surface area (Å²) in [4.78, 5) is 4.29. The fourth-order valence-corrected chi connectivity index (χ4v) is 3.06. The minimum Gasteiger partial charge on any atom is -0.385 e. The van der Waals surface area contributed by atoms with Crippen molar-refractivity contribution in [1.82, 2.24) is 4.98 Å². The van der Waals surface area contributed by atoms with Crippen LogP contribution in [0.15, 0.2) is 18.3 Å². The average molecular weight is 261 g/mol. The first-order valence-electron chi connectivity index (χ1n) is 7.71. The molecule has 1 aliphatic rings. The molecule has 2 unspecified atom stereocenters. The molecule has 0 bridgehead atoms. The molecule has 0 spiro atoms. The molecule has 1 aliphatic carbocycles. The van der Waals surface area contributed by atoms with Crippen LogP contribution in [0.5, 0.6) is 0 Å². The maximum absolute atomic E-state index is 4.29. The van der Waals surface area contributed by atoms with E-state index in [4.69, 9.17) is 0 Å². The first kappa shape index (κ1) is 14.2. The molecule has 1 saturated carbocycles. The largest absolute Gasteiger partial charge is 0.385 e. The summed E-state index contributed by atoms with van der Waals surface area (Å²) in [5.41, 5.74) is 1.18. The monoisotopic (exact) mass is 261 g/mol. The molecule has 2 rings (SSSR count). The van der Waals surface area contributed by atoms with Crippen LogP contribution in [0.2, 0.25) is 0 Å². The van der Waals surface area contributed by atoms with Gasteiger partial charge in [0.15, 0.2) is 0 Å². The Morgan fingerprint density at radius 3 is 3.00 bits per heavy atom. The van der Waals surface area contributed by atoms with Gasteiger partial charge >= 0.3 is 0 Å². The summed E-state index contributed by atoms with van der Waals surface area (Å²) < 4.78 is 0. The lowest BCUT2D eigenvalue weighted by Gasteiger charge is -2.26. The molecule has 1 heterocycles. The molecule has 1 aromatic rings. The highest BCUT2D eigenvalue weighted by molar-refractivity contribution is 5.51. The lowest BCUT2D eigenvalue weighted by atomic mass is 9.81. The summed E-state index contributed by atoms with van der Waals surface area (Å²) in [6.07, 6.45) is 8.85. The molecule has 0 saturated heterocycles. The molecule has 19 heavy (non-hydrogen) atoms. The molecule has 2 N–H and O–H groups in total. The normalized spacial score (nSPS) is 23.1. The first-order chi connectivity index (χ1) is 9.28. The summed E-state index contributed by atoms with van der Waals surface area (Å²) in [6, 6.07) is 4.14. The van der Waals surface area contributed by atoms with Crippen LogP contribution in [0.4, 0.5) is 11.5 Å². The zero-order chi connectivity index (χ0) is 13.5. The molecule has 3 nitrogen and oxygen atoms in total. The van der Waals surface area contributed by atoms with E-state index in [0.717, 1.165) is 30.7 Å². The Balaban J connectivity index is 1.74. The van der Waals surface area contributed by atoms with Gasteiger partial charge in [-0.25, -0.2) is 4.98 Å². The van der Waals surface area contributed by atoms with E-state index in [2.05, 4.69) is 35.5 Å². The molecule has 0 aromatic carbocycles. The fourth-order valence-electron chi connectivity index (χ4n) is 3.06. The smallest absolute Gasteiger partial charge is 0.127 e. The lowest BCUT2D eigenvalue weighted by Crippen LogP contribution is -2.16. The topological polar surface area (TPSA) is 37.0 Å². The van der Waals surface area contributed by atoms with E-state index in [-0.39, 0.29) is 0 Å². The number of hydrogen-bond acceptors (Lipinski definition) is 3. The van der Waals surface area contributed by atoms with E-state index in [9.17, 15) is 0 Å². The van der Waals surface area contributed by atoms with Gasteiger partial charge in [0.2, 0.25) is 0 Å². The van der Waals surface area contributed by atoms with Crippen LogP contribution in [-0.4, -0.2) is 18.1 Å². The van der Waals surface area contributed by atoms with Crippen molar-refractivity contribution in [3.05, 3.63) is 18.3 Å². The number of nitrogens with zero attached hydrogens (tertiary/aromatic N) is 1. The van der Waals surface area contributed by atoms with Crippen molar-refractivity contribution >= 4 is 11.5 Å². The first-order valence-corrected chi connectivity index (χ1v) is 7.71. The highest BCUT2D eigenvalue weighted by Gasteiger charge is 2.18. The van der Waals surface area contributed by atoms with Gasteiger partial charge in [0, 0.05) is 31.0 Å². The number of aromatic nitrogens is 1. The van der Waals surface area contributed by atoms with Gasteiger partial charge < -0.3 is 10.6 Å². The number of anilines is 2. The van der Waals surface area contributed by atoms with Gasteiger partial charge in [-0.1, -0.05) is 26.2 Å². The van der Waals surface area contributed by atoms with Crippen molar-refractivity contribution in [2.75, 3.05) is 23.7 Å². The number of hydrogen-bond donors (Lipinski definition) is 2. The second-order valence-electron chi connectivity index (χ2n) is 5.81. The molecule has 0 amide bonds. The predicted octanol–water partition coefficient (Wildman–Crippen LogP) is 4.14. The van der Waals surface area contributed by atoms with Crippen LogP contribution < -0.4 is 10.6 Å². The van der Waals surface area contributed by atoms with Crippen LogP contribution in [0.3, 0.4) is 0 Å². The van der Waals surface area contributed by atoms with Gasteiger partial charge in [-0.15, -0.1) is 0 Å². The third-order valence-corrected chi connectivity index (χ3v) is 4.04. The maximum atomic E-state index is 4.29. The van der Waals surface area contributed by atoms with Crippen molar-refractivity contribution in [2.45, 2.75) is 46.0 Å². The third-order valence-electron chi connectivity index (χ3n) is 4.04. The van der Waals surface area contributed by atoms with E-state index < -0.39 is 0 Å². The van der Waals surface area contributed by atoms with Gasteiger partial charge in [-0.05, 0) is 37.7 Å². The zero-order valence-electron chi connectivity index (χ0n) is 12.3. The second-order valence-corrected chi connectivity index (χ2v) is 5.81. The van der Waals surface area contributed by atoms with E-state index in [1.165, 1.54) is 37.8 Å². The zero-order valence-corrected chi connectivity index (χ0v) is 12.3. The Morgan fingerprint density at radius 2 is 2.21 bits per heavy atom. The summed E-state index contributed by atoms with van der Waals surface area (Å²) in [5.74, 6) is 2.81. The molecule has 0 radical (unpaired) electrons. The molecule has 1 aromatic heterocycles. The molecule has 2 atom stereocenters. The molecule has 0 aliphatic heterocycles. The van der Waals surface area contributed by atoms with E-state index >= 15 is 0 Å². The minimum absolute atomic E-state index is 0.913. The summed E-state index contributed by atoms with van der Waals surface area (Å²) in [6.45, 7) is 6.47. The molecular formula is C16H27N3. The number of pyridine rings is 1. The fraction of sp³-hybridized carbons (Fsp3) is 0.688. The van der Waals surface area contributed by atoms with Crippen molar-refractivity contribution < 1.29 is 0 Å². The summed E-state index contributed by atoms with van der Waals surface area (Å²) >= 11 is 0. The Morgan fingerprint density at radius 1 is 1.32 bits per heavy atom. The number of rotatable bonds is 6. The Bertz CT molecular complexity index is 378.